The topological polar surface area (TPSA) is 83.0 Å². The SMILES string of the molecule is COc1ccc(-c2noc(-c3nn(-c4cccc(C)c4)ccc3=O)n2)cc1. The molecule has 4 rings (SSSR count). The van der Waals surface area contributed by atoms with E-state index >= 15 is 0 Å². The van der Waals surface area contributed by atoms with Crippen molar-refractivity contribution in [3.8, 4) is 34.4 Å². The van der Waals surface area contributed by atoms with Gasteiger partial charge in [-0.2, -0.15) is 10.1 Å². The highest BCUT2D eigenvalue weighted by Gasteiger charge is 2.16. The highest BCUT2D eigenvalue weighted by molar-refractivity contribution is 5.58. The number of aromatic nitrogens is 4. The Bertz CT molecular complexity index is 1150. The molecule has 0 saturated carbocycles. The van der Waals surface area contributed by atoms with Crippen LogP contribution >= 0.6 is 0 Å². The molecule has 134 valence electrons. The summed E-state index contributed by atoms with van der Waals surface area (Å²) in [6, 6.07) is 16.5. The second-order valence-electron chi connectivity index (χ2n) is 5.96. The lowest BCUT2D eigenvalue weighted by molar-refractivity contribution is 0.414. The zero-order valence-electron chi connectivity index (χ0n) is 14.8. The molecule has 27 heavy (non-hydrogen) atoms. The van der Waals surface area contributed by atoms with E-state index in [0.717, 1.165) is 22.6 Å². The van der Waals surface area contributed by atoms with Crippen molar-refractivity contribution in [2.75, 3.05) is 7.11 Å². The van der Waals surface area contributed by atoms with E-state index in [9.17, 15) is 4.79 Å². The number of methoxy groups -OCH3 is 1. The maximum absolute atomic E-state index is 12.3. The zero-order chi connectivity index (χ0) is 18.8. The van der Waals surface area contributed by atoms with Crippen molar-refractivity contribution in [1.29, 1.82) is 0 Å². The van der Waals surface area contributed by atoms with Gasteiger partial charge in [-0.25, -0.2) is 4.68 Å². The quantitative estimate of drug-likeness (QED) is 0.555. The number of hydrogen-bond acceptors (Lipinski definition) is 6. The number of nitrogens with zero attached hydrogens (tertiary/aromatic N) is 4. The minimum Gasteiger partial charge on any atom is -0.497 e. The maximum Gasteiger partial charge on any atom is 0.282 e. The molecular formula is C20H16N4O3. The van der Waals surface area contributed by atoms with Gasteiger partial charge in [0, 0.05) is 17.8 Å². The van der Waals surface area contributed by atoms with Gasteiger partial charge in [-0.3, -0.25) is 4.79 Å². The van der Waals surface area contributed by atoms with Crippen LogP contribution in [0.2, 0.25) is 0 Å². The summed E-state index contributed by atoms with van der Waals surface area (Å²) >= 11 is 0. The Labute approximate surface area is 154 Å². The van der Waals surface area contributed by atoms with Gasteiger partial charge < -0.3 is 9.26 Å². The third-order valence-electron chi connectivity index (χ3n) is 4.05. The van der Waals surface area contributed by atoms with Crippen LogP contribution in [0, 0.1) is 6.92 Å². The van der Waals surface area contributed by atoms with Crippen LogP contribution in [0.4, 0.5) is 0 Å². The fourth-order valence-electron chi connectivity index (χ4n) is 2.65. The van der Waals surface area contributed by atoms with E-state index in [2.05, 4.69) is 15.2 Å². The van der Waals surface area contributed by atoms with Crippen LogP contribution in [-0.4, -0.2) is 27.0 Å². The maximum atomic E-state index is 12.3. The summed E-state index contributed by atoms with van der Waals surface area (Å²) in [7, 11) is 1.60. The molecule has 0 amide bonds. The van der Waals surface area contributed by atoms with Crippen LogP contribution < -0.4 is 10.2 Å². The molecule has 0 unspecified atom stereocenters. The van der Waals surface area contributed by atoms with Crippen molar-refractivity contribution in [2.24, 2.45) is 0 Å². The third kappa shape index (κ3) is 3.35. The Hall–Kier alpha value is -3.74. The summed E-state index contributed by atoms with van der Waals surface area (Å²) in [6.07, 6.45) is 1.61. The standard InChI is InChI=1S/C20H16N4O3/c1-13-4-3-5-15(12-13)24-11-10-17(25)18(22-24)20-21-19(23-27-20)14-6-8-16(26-2)9-7-14/h3-12H,1-2H3. The number of benzene rings is 2. The molecule has 2 aromatic heterocycles. The van der Waals surface area contributed by atoms with Crippen LogP contribution in [-0.2, 0) is 0 Å². The first-order valence-corrected chi connectivity index (χ1v) is 8.29. The number of aryl methyl sites for hydroxylation is 1. The molecule has 7 nitrogen and oxygen atoms in total. The molecule has 0 atom stereocenters. The fraction of sp³-hybridized carbons (Fsp3) is 0.100. The minimum absolute atomic E-state index is 0.0767. The van der Waals surface area contributed by atoms with Gasteiger partial charge in [0.2, 0.25) is 11.3 Å². The first-order valence-electron chi connectivity index (χ1n) is 8.29. The van der Waals surface area contributed by atoms with Crippen molar-refractivity contribution in [2.45, 2.75) is 6.92 Å². The second-order valence-corrected chi connectivity index (χ2v) is 5.96. The number of ether oxygens (including phenoxy) is 1. The molecule has 0 radical (unpaired) electrons. The van der Waals surface area contributed by atoms with E-state index in [-0.39, 0.29) is 17.0 Å². The van der Waals surface area contributed by atoms with Crippen molar-refractivity contribution in [1.82, 2.24) is 19.9 Å². The first-order chi connectivity index (χ1) is 13.1. The van der Waals surface area contributed by atoms with Crippen LogP contribution in [0.5, 0.6) is 5.75 Å². The monoisotopic (exact) mass is 360 g/mol. The normalized spacial score (nSPS) is 10.7. The fourth-order valence-corrected chi connectivity index (χ4v) is 2.65. The number of hydrogen-bond donors (Lipinski definition) is 0. The first kappa shape index (κ1) is 16.7. The molecule has 4 aromatic rings. The Morgan fingerprint density at radius 3 is 2.63 bits per heavy atom. The average Bonchev–Trinajstić information content (AvgIpc) is 3.18. The van der Waals surface area contributed by atoms with E-state index < -0.39 is 0 Å². The molecule has 2 aromatic carbocycles. The Balaban J connectivity index is 1.72. The summed E-state index contributed by atoms with van der Waals surface area (Å²) in [6.45, 7) is 1.99. The lowest BCUT2D eigenvalue weighted by Gasteiger charge is -2.06. The molecule has 0 N–H and O–H groups in total. The van der Waals surface area contributed by atoms with Crippen molar-refractivity contribution < 1.29 is 9.26 Å². The van der Waals surface area contributed by atoms with Gasteiger partial charge in [0.05, 0.1) is 12.8 Å². The van der Waals surface area contributed by atoms with Gasteiger partial charge in [0.25, 0.3) is 5.89 Å². The summed E-state index contributed by atoms with van der Waals surface area (Å²) in [5.41, 5.74) is 2.50. The molecule has 7 heteroatoms. The average molecular weight is 360 g/mol. The van der Waals surface area contributed by atoms with E-state index in [1.54, 1.807) is 30.1 Å². The molecule has 0 aliphatic heterocycles. The molecule has 0 aliphatic carbocycles. The molecule has 0 aliphatic rings. The van der Waals surface area contributed by atoms with Gasteiger partial charge in [0.15, 0.2) is 5.69 Å². The predicted octanol–water partition coefficient (Wildman–Crippen LogP) is 3.27. The van der Waals surface area contributed by atoms with Gasteiger partial charge >= 0.3 is 0 Å². The van der Waals surface area contributed by atoms with Crippen LogP contribution in [0.15, 0.2) is 70.1 Å². The lowest BCUT2D eigenvalue weighted by atomic mass is 10.2. The summed E-state index contributed by atoms with van der Waals surface area (Å²) in [5.74, 6) is 1.18. The van der Waals surface area contributed by atoms with Crippen molar-refractivity contribution in [3.63, 3.8) is 0 Å². The largest absolute Gasteiger partial charge is 0.497 e. The van der Waals surface area contributed by atoms with Gasteiger partial charge in [-0.05, 0) is 48.9 Å². The minimum atomic E-state index is -0.288. The lowest BCUT2D eigenvalue weighted by Crippen LogP contribution is -2.12. The molecule has 0 bridgehead atoms. The van der Waals surface area contributed by atoms with E-state index in [4.69, 9.17) is 9.26 Å². The summed E-state index contributed by atoms with van der Waals surface area (Å²) in [5, 5.41) is 8.34. The van der Waals surface area contributed by atoms with Crippen molar-refractivity contribution >= 4 is 0 Å². The van der Waals surface area contributed by atoms with Crippen LogP contribution in [0.1, 0.15) is 5.56 Å². The number of rotatable bonds is 4. The van der Waals surface area contributed by atoms with Crippen LogP contribution in [0.3, 0.4) is 0 Å². The molecule has 0 spiro atoms. The van der Waals surface area contributed by atoms with Gasteiger partial charge in [-0.1, -0.05) is 17.3 Å². The smallest absolute Gasteiger partial charge is 0.282 e. The second kappa shape index (κ2) is 6.87. The Kier molecular flexibility index (Phi) is 4.25. The molecule has 0 fully saturated rings. The predicted molar refractivity (Wildman–Crippen MR) is 99.9 cm³/mol. The van der Waals surface area contributed by atoms with Crippen molar-refractivity contribution in [3.05, 3.63) is 76.6 Å². The summed E-state index contributed by atoms with van der Waals surface area (Å²) in [4.78, 5) is 16.6. The van der Waals surface area contributed by atoms with Gasteiger partial charge in [0.1, 0.15) is 5.75 Å². The van der Waals surface area contributed by atoms with Gasteiger partial charge in [-0.15, -0.1) is 0 Å². The third-order valence-corrected chi connectivity index (χ3v) is 4.05. The zero-order valence-corrected chi connectivity index (χ0v) is 14.8. The van der Waals surface area contributed by atoms with E-state index in [0.29, 0.717) is 5.82 Å². The Morgan fingerprint density at radius 2 is 1.89 bits per heavy atom. The van der Waals surface area contributed by atoms with E-state index in [1.165, 1.54) is 6.07 Å². The Morgan fingerprint density at radius 1 is 1.07 bits per heavy atom. The van der Waals surface area contributed by atoms with E-state index in [1.807, 2.05) is 43.3 Å². The highest BCUT2D eigenvalue weighted by atomic mass is 16.5. The molecule has 2 heterocycles. The molecule has 0 saturated heterocycles. The van der Waals surface area contributed by atoms with Crippen LogP contribution in [0.25, 0.3) is 28.7 Å². The molecular weight excluding hydrogens is 344 g/mol. The summed E-state index contributed by atoms with van der Waals surface area (Å²) < 4.78 is 12.0. The highest BCUT2D eigenvalue weighted by Crippen LogP contribution is 2.22.